The van der Waals surface area contributed by atoms with Crippen molar-refractivity contribution in [3.05, 3.63) is 107 Å². The maximum atomic E-state index is 13.0. The van der Waals surface area contributed by atoms with Gasteiger partial charge in [-0.3, -0.25) is 13.4 Å². The summed E-state index contributed by atoms with van der Waals surface area (Å²) in [5, 5.41) is 12.1. The lowest BCUT2D eigenvalue weighted by Gasteiger charge is -2.22. The lowest BCUT2D eigenvalue weighted by atomic mass is 10.1. The number of amides is 1. The van der Waals surface area contributed by atoms with Gasteiger partial charge in [-0.15, -0.1) is 0 Å². The van der Waals surface area contributed by atoms with Crippen LogP contribution in [0.15, 0.2) is 94.7 Å². The maximum Gasteiger partial charge on any atom is 0.339 e. The quantitative estimate of drug-likeness (QED) is 0.116. The number of aryl methyl sites for hydroxylation is 2. The van der Waals surface area contributed by atoms with E-state index in [-0.39, 0.29) is 52.0 Å². The van der Waals surface area contributed by atoms with E-state index in [9.17, 15) is 31.5 Å². The molecule has 0 bridgehead atoms. The number of hydrogen-bond acceptors (Lipinski definition) is 11. The Hall–Kier alpha value is -5.20. The monoisotopic (exact) mass is 828 g/mol. The highest BCUT2D eigenvalue weighted by Crippen LogP contribution is 2.30. The van der Waals surface area contributed by atoms with Crippen LogP contribution in [0.2, 0.25) is 0 Å². The van der Waals surface area contributed by atoms with E-state index >= 15 is 0 Å². The van der Waals surface area contributed by atoms with Crippen LogP contribution in [0.1, 0.15) is 45.7 Å². The van der Waals surface area contributed by atoms with Gasteiger partial charge in [-0.25, -0.2) is 21.6 Å². The number of anilines is 2. The van der Waals surface area contributed by atoms with Crippen LogP contribution >= 0.6 is 0 Å². The average Bonchev–Trinajstić information content (AvgIpc) is 3.20. The fraction of sp³-hybridized carbons (Fsp3) is 0.350. The number of likely N-dealkylation sites (N-methyl/N-ethyl adjacent to an activating group) is 1. The highest BCUT2D eigenvalue weighted by atomic mass is 32.2. The highest BCUT2D eigenvalue weighted by Gasteiger charge is 2.25. The molecule has 0 aliphatic carbocycles. The summed E-state index contributed by atoms with van der Waals surface area (Å²) in [6.45, 7) is 10.7. The molecule has 0 heterocycles. The number of nitrogens with zero attached hydrogens (tertiary/aromatic N) is 3. The van der Waals surface area contributed by atoms with Gasteiger partial charge in [0.15, 0.2) is 13.6 Å². The number of rotatable bonds is 19. The third-order valence-corrected chi connectivity index (χ3v) is 12.4. The number of methoxy groups -OCH3 is 2. The molecule has 17 heteroatoms. The molecule has 0 unspecified atom stereocenters. The van der Waals surface area contributed by atoms with Crippen molar-refractivity contribution in [1.82, 2.24) is 10.2 Å². The number of sulfonamides is 2. The molecular formula is C40H52N4O11S2. The summed E-state index contributed by atoms with van der Waals surface area (Å²) in [5.74, 6) is -1.20. The Morgan fingerprint density at radius 3 is 1.44 bits per heavy atom. The van der Waals surface area contributed by atoms with Crippen molar-refractivity contribution in [2.75, 3.05) is 76.7 Å². The largest absolute Gasteiger partial charge is 0.478 e. The molecule has 0 aromatic heterocycles. The van der Waals surface area contributed by atoms with E-state index in [1.165, 1.54) is 69.0 Å². The van der Waals surface area contributed by atoms with E-state index in [0.29, 0.717) is 17.8 Å². The molecule has 4 aromatic carbocycles. The molecule has 15 nitrogen and oxygen atoms in total. The van der Waals surface area contributed by atoms with Crippen molar-refractivity contribution in [3.8, 4) is 11.5 Å². The third kappa shape index (κ3) is 12.4. The number of nitrogens with one attached hydrogen (secondary N) is 1. The van der Waals surface area contributed by atoms with Gasteiger partial charge in [0.25, 0.3) is 26.0 Å². The molecular weight excluding hydrogens is 777 g/mol. The summed E-state index contributed by atoms with van der Waals surface area (Å²) >= 11 is 0. The Morgan fingerprint density at radius 2 is 1.05 bits per heavy atom. The standard InChI is InChI=1S/C23H33N3O5S.C17H19NO6S/c1-6-26(7-2)15-14-24-23(27)21-13-10-19(16-22(21)31-17-30-5)25(4)32(28,29)20-11-8-18(3)9-12-20;1-12-4-7-14(8-5-12)25(21,22)18(2)13-6-9-15(17(19)20)16(10-13)24-11-23-3/h8-13,16H,6-7,14-15,17H2,1-5H3,(H,24,27);4-10H,11H2,1-3H3,(H,19,20). The number of carbonyl (C=O) groups excluding carboxylic acids is 1. The summed E-state index contributed by atoms with van der Waals surface area (Å²) in [7, 11) is -1.81. The maximum absolute atomic E-state index is 13.0. The van der Waals surface area contributed by atoms with Crippen LogP contribution in [-0.2, 0) is 29.5 Å². The minimum Gasteiger partial charge on any atom is -0.478 e. The van der Waals surface area contributed by atoms with Crippen LogP contribution in [0, 0.1) is 13.8 Å². The zero-order chi connectivity index (χ0) is 42.3. The number of carboxylic acid groups (broad SMARTS) is 1. The van der Waals surface area contributed by atoms with Crippen molar-refractivity contribution in [3.63, 3.8) is 0 Å². The van der Waals surface area contributed by atoms with E-state index in [2.05, 4.69) is 24.1 Å². The first-order chi connectivity index (χ1) is 27.0. The molecule has 310 valence electrons. The van der Waals surface area contributed by atoms with E-state index < -0.39 is 26.0 Å². The summed E-state index contributed by atoms with van der Waals surface area (Å²) in [6.07, 6.45) is 0. The molecule has 0 aliphatic heterocycles. The molecule has 0 saturated carbocycles. The third-order valence-electron chi connectivity index (χ3n) is 8.76. The summed E-state index contributed by atoms with van der Waals surface area (Å²) in [5.41, 5.74) is 2.79. The molecule has 0 spiro atoms. The van der Waals surface area contributed by atoms with Crippen LogP contribution < -0.4 is 23.4 Å². The van der Waals surface area contributed by atoms with Crippen molar-refractivity contribution >= 4 is 43.3 Å². The predicted molar refractivity (Wildman–Crippen MR) is 219 cm³/mol. The van der Waals surface area contributed by atoms with E-state index in [0.717, 1.165) is 35.1 Å². The van der Waals surface area contributed by atoms with Crippen molar-refractivity contribution in [2.45, 2.75) is 37.5 Å². The molecule has 0 fully saturated rings. The summed E-state index contributed by atoms with van der Waals surface area (Å²) in [4.78, 5) is 26.5. The Kier molecular flexibility index (Phi) is 17.3. The number of hydrogen-bond donors (Lipinski definition) is 2. The molecule has 0 aliphatic rings. The Labute approximate surface area is 335 Å². The molecule has 0 radical (unpaired) electrons. The SMILES string of the molecule is CCN(CC)CCNC(=O)c1ccc(N(C)S(=O)(=O)c2ccc(C)cc2)cc1OCOC.COCOc1cc(N(C)S(=O)(=O)c2ccc(C)cc2)ccc1C(=O)O. The van der Waals surface area contributed by atoms with Crippen LogP contribution in [0.5, 0.6) is 11.5 Å². The van der Waals surface area contributed by atoms with E-state index in [1.807, 2.05) is 13.8 Å². The normalized spacial score (nSPS) is 11.3. The second-order valence-corrected chi connectivity index (χ2v) is 16.6. The van der Waals surface area contributed by atoms with Crippen LogP contribution in [0.4, 0.5) is 11.4 Å². The molecule has 57 heavy (non-hydrogen) atoms. The minimum atomic E-state index is -3.78. The van der Waals surface area contributed by atoms with Gasteiger partial charge < -0.3 is 34.3 Å². The van der Waals surface area contributed by atoms with Gasteiger partial charge in [0.2, 0.25) is 0 Å². The number of ether oxygens (including phenoxy) is 4. The van der Waals surface area contributed by atoms with Crippen molar-refractivity contribution < 1.29 is 50.5 Å². The number of benzene rings is 4. The molecule has 4 aromatic rings. The molecule has 1 amide bonds. The smallest absolute Gasteiger partial charge is 0.339 e. The van der Waals surface area contributed by atoms with Crippen LogP contribution in [0.25, 0.3) is 0 Å². The number of carbonyl (C=O) groups is 2. The zero-order valence-corrected chi connectivity index (χ0v) is 35.1. The fourth-order valence-electron chi connectivity index (χ4n) is 5.24. The van der Waals surface area contributed by atoms with Gasteiger partial charge in [-0.05, 0) is 75.5 Å². The molecule has 4 rings (SSSR count). The van der Waals surface area contributed by atoms with Gasteiger partial charge in [0.1, 0.15) is 17.1 Å². The van der Waals surface area contributed by atoms with Crippen molar-refractivity contribution in [1.29, 1.82) is 0 Å². The minimum absolute atomic E-state index is 0.0257. The summed E-state index contributed by atoms with van der Waals surface area (Å²) in [6, 6.07) is 21.9. The first-order valence-electron chi connectivity index (χ1n) is 17.9. The average molecular weight is 829 g/mol. The predicted octanol–water partition coefficient (Wildman–Crippen LogP) is 5.38. The Morgan fingerprint density at radius 1 is 0.649 bits per heavy atom. The van der Waals surface area contributed by atoms with Gasteiger partial charge in [-0.1, -0.05) is 49.2 Å². The number of aromatic carboxylic acids is 1. The number of carboxylic acids is 1. The first-order valence-corrected chi connectivity index (χ1v) is 20.8. The topological polar surface area (TPSA) is 181 Å². The van der Waals surface area contributed by atoms with E-state index in [4.69, 9.17) is 18.9 Å². The van der Waals surface area contributed by atoms with Crippen molar-refractivity contribution in [2.24, 2.45) is 0 Å². The zero-order valence-electron chi connectivity index (χ0n) is 33.5. The highest BCUT2D eigenvalue weighted by molar-refractivity contribution is 7.93. The Balaban J connectivity index is 0.000000315. The second-order valence-electron chi connectivity index (χ2n) is 12.6. The second kappa shape index (κ2) is 21.4. The fourth-order valence-corrected chi connectivity index (χ4v) is 7.61. The van der Waals surface area contributed by atoms with Gasteiger partial charge in [-0.2, -0.15) is 0 Å². The van der Waals surface area contributed by atoms with Crippen LogP contribution in [0.3, 0.4) is 0 Å². The lowest BCUT2D eigenvalue weighted by Crippen LogP contribution is -2.35. The van der Waals surface area contributed by atoms with Crippen LogP contribution in [-0.4, -0.2) is 107 Å². The summed E-state index contributed by atoms with van der Waals surface area (Å²) < 4.78 is 74.4. The molecule has 2 N–H and O–H groups in total. The van der Waals surface area contributed by atoms with Gasteiger partial charge >= 0.3 is 5.97 Å². The molecule has 0 atom stereocenters. The molecule has 0 saturated heterocycles. The lowest BCUT2D eigenvalue weighted by molar-refractivity contribution is 0.0483. The first kappa shape index (κ1) is 46.2. The Bertz CT molecular complexity index is 2160. The van der Waals surface area contributed by atoms with E-state index in [1.54, 1.807) is 48.5 Å². The van der Waals surface area contributed by atoms with Gasteiger partial charge in [0.05, 0.1) is 26.7 Å². The van der Waals surface area contributed by atoms with Gasteiger partial charge in [0, 0.05) is 53.5 Å².